The maximum Gasteiger partial charge on any atom is 0.391 e. The van der Waals surface area contributed by atoms with Crippen molar-refractivity contribution in [3.05, 3.63) is 76.9 Å². The third-order valence-corrected chi connectivity index (χ3v) is 4.47. The van der Waals surface area contributed by atoms with Gasteiger partial charge in [-0.05, 0) is 10.6 Å². The van der Waals surface area contributed by atoms with E-state index in [0.29, 0.717) is 10.5 Å². The van der Waals surface area contributed by atoms with Crippen LogP contribution in [-0.2, 0) is 0 Å². The first-order valence-electron chi connectivity index (χ1n) is 7.88. The molecular weight excluding hydrogens is 389 g/mol. The molecule has 0 aliphatic rings. The van der Waals surface area contributed by atoms with Crippen LogP contribution in [0.3, 0.4) is 0 Å². The summed E-state index contributed by atoms with van der Waals surface area (Å²) in [4.78, 5) is 6.55. The van der Waals surface area contributed by atoms with Gasteiger partial charge in [-0.25, -0.2) is 0 Å². The quantitative estimate of drug-likeness (QED) is 0.324. The number of allylic oxidation sites excluding steroid dienone is 1. The van der Waals surface area contributed by atoms with Gasteiger partial charge in [0.05, 0.1) is 19.7 Å². The number of hydrogen-bond donors (Lipinski definition) is 0. The number of hydrogen-bond acceptors (Lipinski definition) is 1. The summed E-state index contributed by atoms with van der Waals surface area (Å²) in [5.74, 6) is 0. The van der Waals surface area contributed by atoms with Gasteiger partial charge < -0.3 is 17.3 Å². The van der Waals surface area contributed by atoms with Gasteiger partial charge in [-0.3, -0.25) is 4.58 Å². The van der Waals surface area contributed by atoms with Crippen LogP contribution in [0.25, 0.3) is 5.57 Å². The molecule has 0 aromatic heterocycles. The van der Waals surface area contributed by atoms with Crippen LogP contribution < -0.4 is 12.4 Å². The second-order valence-electron chi connectivity index (χ2n) is 5.92. The minimum Gasteiger partial charge on any atom is -1.00 e. The molecule has 0 saturated heterocycles. The molecule has 26 heavy (non-hydrogen) atoms. The van der Waals surface area contributed by atoms with Crippen LogP contribution in [0.2, 0.25) is 0 Å². The third kappa shape index (κ3) is 5.60. The van der Waals surface area contributed by atoms with Gasteiger partial charge in [0.1, 0.15) is 5.16 Å². The zero-order chi connectivity index (χ0) is 18.4. The van der Waals surface area contributed by atoms with Crippen LogP contribution in [0.15, 0.2) is 70.8 Å². The summed E-state index contributed by atoms with van der Waals surface area (Å²) in [5, 5.41) is 0.979. The summed E-state index contributed by atoms with van der Waals surface area (Å²) in [6.45, 7) is 0. The molecule has 0 radical (unpaired) electrons. The second-order valence-corrected chi connectivity index (χ2v) is 6.61. The first-order valence-corrected chi connectivity index (χ1v) is 8.64. The number of halogens is 3. The van der Waals surface area contributed by atoms with Crippen molar-refractivity contribution in [2.45, 2.75) is 0 Å². The smallest absolute Gasteiger partial charge is 0.391 e. The van der Waals surface area contributed by atoms with Crippen LogP contribution in [0.5, 0.6) is 0 Å². The summed E-state index contributed by atoms with van der Waals surface area (Å²) in [7, 11) is 7.53. The van der Waals surface area contributed by atoms with Crippen molar-refractivity contribution in [3.8, 4) is 0 Å². The molecule has 0 aliphatic carbocycles. The highest BCUT2D eigenvalue weighted by Crippen LogP contribution is 2.28. The topological polar surface area (TPSA) is 18.6 Å². The Balaban J connectivity index is 0.00000338. The summed E-state index contributed by atoms with van der Waals surface area (Å²) in [6, 6.07) is 19.9. The Morgan fingerprint density at radius 3 is 1.73 bits per heavy atom. The highest BCUT2D eigenvalue weighted by molar-refractivity contribution is 6.65. The van der Waals surface area contributed by atoms with Crippen LogP contribution in [0.4, 0.5) is 0 Å². The predicted molar refractivity (Wildman–Crippen MR) is 109 cm³/mol. The molecule has 0 amide bonds. The normalized spacial score (nSPS) is 12.0. The standard InChI is InChI=1S/C20H22Cl2N3.ClH/c1-24(2)19(21)17(15-11-7-5-8-12-15)18(23-20(22)25(3)4)16-13-9-6-10-14-16;/h5-14H,1-4H3;1H/q+1;/p-1. The van der Waals surface area contributed by atoms with E-state index in [1.54, 1.807) is 4.58 Å². The number of rotatable bonds is 4. The van der Waals surface area contributed by atoms with E-state index in [9.17, 15) is 0 Å². The lowest BCUT2D eigenvalue weighted by atomic mass is 9.96. The SMILES string of the molecule is CN(C)/C(Cl)=C(/C(=N\C(Cl)=[N+](C)C)c1ccccc1)c1ccccc1.[Cl-]. The fourth-order valence-electron chi connectivity index (χ4n) is 2.24. The molecule has 6 heteroatoms. The van der Waals surface area contributed by atoms with Gasteiger partial charge in [-0.2, -0.15) is 0 Å². The van der Waals surface area contributed by atoms with E-state index in [0.717, 1.165) is 22.4 Å². The highest BCUT2D eigenvalue weighted by atomic mass is 35.5. The maximum absolute atomic E-state index is 6.68. The van der Waals surface area contributed by atoms with Gasteiger partial charge in [0.2, 0.25) is 0 Å². The van der Waals surface area contributed by atoms with Crippen molar-refractivity contribution in [1.82, 2.24) is 4.90 Å². The van der Waals surface area contributed by atoms with Gasteiger partial charge in [-0.1, -0.05) is 72.3 Å². The van der Waals surface area contributed by atoms with E-state index in [2.05, 4.69) is 4.99 Å². The van der Waals surface area contributed by atoms with Crippen LogP contribution in [0, 0.1) is 0 Å². The van der Waals surface area contributed by atoms with Crippen molar-refractivity contribution in [2.75, 3.05) is 28.2 Å². The monoisotopic (exact) mass is 409 g/mol. The molecule has 3 nitrogen and oxygen atoms in total. The van der Waals surface area contributed by atoms with E-state index in [-0.39, 0.29) is 12.4 Å². The first kappa shape index (κ1) is 22.2. The summed E-state index contributed by atoms with van der Waals surface area (Å²) >= 11 is 13.0. The molecule has 0 spiro atoms. The molecule has 0 bridgehead atoms. The van der Waals surface area contributed by atoms with Gasteiger partial charge in [0.25, 0.3) is 0 Å². The maximum atomic E-state index is 6.68. The fraction of sp³-hybridized carbons (Fsp3) is 0.200. The summed E-state index contributed by atoms with van der Waals surface area (Å²) in [5.41, 5.74) is 3.48. The van der Waals surface area contributed by atoms with Crippen LogP contribution in [-0.4, -0.2) is 48.7 Å². The predicted octanol–water partition coefficient (Wildman–Crippen LogP) is 1.52. The minimum absolute atomic E-state index is 0. The Morgan fingerprint density at radius 2 is 1.31 bits per heavy atom. The second kappa shape index (κ2) is 10.4. The summed E-state index contributed by atoms with van der Waals surface area (Å²) in [6.07, 6.45) is 0. The lowest BCUT2D eigenvalue weighted by Gasteiger charge is -2.17. The largest absolute Gasteiger partial charge is 1.00 e. The Kier molecular flexibility index (Phi) is 8.86. The molecule has 0 fully saturated rings. The molecule has 0 atom stereocenters. The number of nitrogens with zero attached hydrogens (tertiary/aromatic N) is 3. The van der Waals surface area contributed by atoms with E-state index >= 15 is 0 Å². The molecule has 0 N–H and O–H groups in total. The molecule has 2 aromatic carbocycles. The Morgan fingerprint density at radius 1 is 0.846 bits per heavy atom. The van der Waals surface area contributed by atoms with Gasteiger partial charge in [-0.15, -0.1) is 0 Å². The molecule has 138 valence electrons. The lowest BCUT2D eigenvalue weighted by molar-refractivity contribution is -0.462. The van der Waals surface area contributed by atoms with Gasteiger partial charge in [0.15, 0.2) is 5.71 Å². The van der Waals surface area contributed by atoms with E-state index in [4.69, 9.17) is 23.2 Å². The molecular formula is C20H22Cl3N3. The Bertz CT molecular complexity index is 807. The van der Waals surface area contributed by atoms with Crippen LogP contribution >= 0.6 is 23.2 Å². The van der Waals surface area contributed by atoms with Crippen LogP contribution in [0.1, 0.15) is 11.1 Å². The van der Waals surface area contributed by atoms with Gasteiger partial charge in [0, 0.05) is 31.3 Å². The molecule has 0 unspecified atom stereocenters. The number of amidine groups is 1. The van der Waals surface area contributed by atoms with Crippen molar-refractivity contribution in [1.29, 1.82) is 0 Å². The molecule has 0 saturated carbocycles. The first-order chi connectivity index (χ1) is 11.9. The van der Waals surface area contributed by atoms with E-state index < -0.39 is 0 Å². The molecule has 0 aliphatic heterocycles. The number of aliphatic imine (C=N–C) groups is 1. The number of benzene rings is 2. The highest BCUT2D eigenvalue weighted by Gasteiger charge is 2.23. The van der Waals surface area contributed by atoms with Crippen molar-refractivity contribution >= 4 is 39.8 Å². The minimum atomic E-state index is 0. The molecule has 0 heterocycles. The van der Waals surface area contributed by atoms with Gasteiger partial charge >= 0.3 is 5.29 Å². The fourth-order valence-corrected chi connectivity index (χ4v) is 2.52. The average molecular weight is 411 g/mol. The lowest BCUT2D eigenvalue weighted by Crippen LogP contribution is -3.00. The van der Waals surface area contributed by atoms with E-state index in [1.807, 2.05) is 93.8 Å². The Labute approximate surface area is 171 Å². The van der Waals surface area contributed by atoms with Crippen molar-refractivity contribution in [2.24, 2.45) is 4.99 Å². The zero-order valence-electron chi connectivity index (χ0n) is 15.2. The van der Waals surface area contributed by atoms with Crippen molar-refractivity contribution < 1.29 is 17.0 Å². The average Bonchev–Trinajstić information content (AvgIpc) is 2.62. The zero-order valence-corrected chi connectivity index (χ0v) is 17.5. The third-order valence-electron chi connectivity index (χ3n) is 3.52. The Hall–Kier alpha value is -1.81. The molecule has 2 aromatic rings. The van der Waals surface area contributed by atoms with Crippen molar-refractivity contribution in [3.63, 3.8) is 0 Å². The van der Waals surface area contributed by atoms with E-state index in [1.165, 1.54) is 0 Å². The summed E-state index contributed by atoms with van der Waals surface area (Å²) < 4.78 is 1.76. The molecule has 2 rings (SSSR count).